The largest absolute Gasteiger partial charge is 0.307 e. The van der Waals surface area contributed by atoms with Crippen LogP contribution < -0.4 is 4.90 Å². The molecule has 18 heavy (non-hydrogen) atoms. The molecule has 4 nitrogen and oxygen atoms in total. The molecule has 1 unspecified atom stereocenters. The summed E-state index contributed by atoms with van der Waals surface area (Å²) in [6.45, 7) is 2.03. The Kier molecular flexibility index (Phi) is 3.54. The lowest BCUT2D eigenvalue weighted by Crippen LogP contribution is -2.45. The smallest absolute Gasteiger partial charge is 0.224 e. The maximum absolute atomic E-state index is 12.4. The third-order valence-electron chi connectivity index (χ3n) is 2.98. The SMILES string of the molecule is CC(=O)N1c2ccc(Br)cc2C(=O)C1CN(C)C. The average molecular weight is 311 g/mol. The number of likely N-dealkylation sites (N-methyl/N-ethyl adjacent to an activating group) is 1. The fraction of sp³-hybridized carbons (Fsp3) is 0.385. The van der Waals surface area contributed by atoms with Gasteiger partial charge in [-0.05, 0) is 32.3 Å². The molecule has 5 heteroatoms. The lowest BCUT2D eigenvalue weighted by Gasteiger charge is -2.25. The van der Waals surface area contributed by atoms with Crippen molar-refractivity contribution in [3.63, 3.8) is 0 Å². The number of Topliss-reactive ketones (excluding diaryl/α,β-unsaturated/α-hetero) is 1. The maximum atomic E-state index is 12.4. The molecule has 0 fully saturated rings. The predicted octanol–water partition coefficient (Wildman–Crippen LogP) is 1.93. The van der Waals surface area contributed by atoms with Crippen LogP contribution >= 0.6 is 15.9 Å². The molecular formula is C13H15BrN2O2. The number of rotatable bonds is 2. The Balaban J connectivity index is 2.48. The first-order valence-electron chi connectivity index (χ1n) is 5.70. The van der Waals surface area contributed by atoms with Gasteiger partial charge in [0.15, 0.2) is 5.78 Å². The van der Waals surface area contributed by atoms with Crippen LogP contribution in [0.4, 0.5) is 5.69 Å². The fourth-order valence-corrected chi connectivity index (χ4v) is 2.64. The van der Waals surface area contributed by atoms with Crippen LogP contribution in [-0.2, 0) is 4.79 Å². The Bertz CT molecular complexity index is 514. The monoisotopic (exact) mass is 310 g/mol. The zero-order chi connectivity index (χ0) is 13.4. The van der Waals surface area contributed by atoms with E-state index in [1.54, 1.807) is 11.0 Å². The molecule has 2 rings (SSSR count). The van der Waals surface area contributed by atoms with Crippen molar-refractivity contribution in [1.29, 1.82) is 0 Å². The molecule has 0 N–H and O–H groups in total. The Morgan fingerprint density at radius 1 is 1.44 bits per heavy atom. The molecule has 0 spiro atoms. The molecule has 0 radical (unpaired) electrons. The van der Waals surface area contributed by atoms with Gasteiger partial charge in [-0.1, -0.05) is 15.9 Å². The number of nitrogens with zero attached hydrogens (tertiary/aromatic N) is 2. The maximum Gasteiger partial charge on any atom is 0.224 e. The summed E-state index contributed by atoms with van der Waals surface area (Å²) in [6, 6.07) is 5.03. The van der Waals surface area contributed by atoms with E-state index in [1.165, 1.54) is 6.92 Å². The van der Waals surface area contributed by atoms with E-state index >= 15 is 0 Å². The zero-order valence-corrected chi connectivity index (χ0v) is 12.2. The second-order valence-electron chi connectivity index (χ2n) is 4.69. The summed E-state index contributed by atoms with van der Waals surface area (Å²) in [6.07, 6.45) is 0. The van der Waals surface area contributed by atoms with Crippen molar-refractivity contribution < 1.29 is 9.59 Å². The van der Waals surface area contributed by atoms with Gasteiger partial charge in [-0.2, -0.15) is 0 Å². The normalized spacial score (nSPS) is 18.4. The summed E-state index contributed by atoms with van der Waals surface area (Å²) < 4.78 is 0.851. The minimum Gasteiger partial charge on any atom is -0.307 e. The minimum absolute atomic E-state index is 0.00944. The van der Waals surface area contributed by atoms with Gasteiger partial charge in [-0.25, -0.2) is 0 Å². The molecule has 0 aliphatic carbocycles. The summed E-state index contributed by atoms with van der Waals surface area (Å²) in [5.74, 6) is -0.0912. The molecule has 1 amide bonds. The van der Waals surface area contributed by atoms with E-state index in [2.05, 4.69) is 15.9 Å². The van der Waals surface area contributed by atoms with Gasteiger partial charge in [-0.15, -0.1) is 0 Å². The standard InChI is InChI=1S/C13H15BrN2O2/c1-8(17)16-11-5-4-9(14)6-10(11)13(18)12(16)7-15(2)3/h4-6,12H,7H2,1-3H3. The van der Waals surface area contributed by atoms with E-state index < -0.39 is 6.04 Å². The molecule has 1 aliphatic rings. The molecule has 96 valence electrons. The highest BCUT2D eigenvalue weighted by Gasteiger charge is 2.39. The van der Waals surface area contributed by atoms with E-state index in [9.17, 15) is 9.59 Å². The van der Waals surface area contributed by atoms with Crippen molar-refractivity contribution in [3.05, 3.63) is 28.2 Å². The van der Waals surface area contributed by atoms with E-state index in [0.29, 0.717) is 17.8 Å². The number of ketones is 1. The number of benzene rings is 1. The highest BCUT2D eigenvalue weighted by Crippen LogP contribution is 2.34. The number of hydrogen-bond donors (Lipinski definition) is 0. The summed E-state index contributed by atoms with van der Waals surface area (Å²) in [5.41, 5.74) is 1.33. The number of anilines is 1. The van der Waals surface area contributed by atoms with Crippen molar-refractivity contribution in [2.24, 2.45) is 0 Å². The van der Waals surface area contributed by atoms with Crippen LogP contribution in [0.15, 0.2) is 22.7 Å². The molecule has 0 saturated heterocycles. The molecule has 0 bridgehead atoms. The summed E-state index contributed by atoms with van der Waals surface area (Å²) >= 11 is 3.35. The van der Waals surface area contributed by atoms with Crippen LogP contribution in [0.5, 0.6) is 0 Å². The van der Waals surface area contributed by atoms with Crippen LogP contribution in [-0.4, -0.2) is 43.3 Å². The topological polar surface area (TPSA) is 40.6 Å². The second kappa shape index (κ2) is 4.82. The van der Waals surface area contributed by atoms with Crippen LogP contribution in [0.25, 0.3) is 0 Å². The second-order valence-corrected chi connectivity index (χ2v) is 5.61. The number of halogens is 1. The van der Waals surface area contributed by atoms with E-state index in [1.807, 2.05) is 31.1 Å². The quantitative estimate of drug-likeness (QED) is 0.838. The molecule has 0 aromatic heterocycles. The van der Waals surface area contributed by atoms with Crippen LogP contribution in [0, 0.1) is 0 Å². The van der Waals surface area contributed by atoms with E-state index in [0.717, 1.165) is 4.47 Å². The minimum atomic E-state index is -0.415. The molecule has 1 aromatic carbocycles. The van der Waals surface area contributed by atoms with Gasteiger partial charge >= 0.3 is 0 Å². The molecule has 1 aliphatic heterocycles. The van der Waals surface area contributed by atoms with Gasteiger partial charge < -0.3 is 4.90 Å². The van der Waals surface area contributed by atoms with E-state index in [4.69, 9.17) is 0 Å². The molecule has 1 heterocycles. The summed E-state index contributed by atoms with van der Waals surface area (Å²) in [7, 11) is 3.79. The number of carbonyl (C=O) groups excluding carboxylic acids is 2. The molecule has 0 saturated carbocycles. The molecular weight excluding hydrogens is 296 g/mol. The van der Waals surface area contributed by atoms with Crippen molar-refractivity contribution in [3.8, 4) is 0 Å². The third-order valence-corrected chi connectivity index (χ3v) is 3.47. The van der Waals surface area contributed by atoms with Gasteiger partial charge in [0, 0.05) is 23.5 Å². The zero-order valence-electron chi connectivity index (χ0n) is 10.6. The van der Waals surface area contributed by atoms with Crippen molar-refractivity contribution >= 4 is 33.3 Å². The fourth-order valence-electron chi connectivity index (χ4n) is 2.28. The first kappa shape index (κ1) is 13.2. The highest BCUT2D eigenvalue weighted by atomic mass is 79.9. The highest BCUT2D eigenvalue weighted by molar-refractivity contribution is 9.10. The Morgan fingerprint density at radius 2 is 2.11 bits per heavy atom. The van der Waals surface area contributed by atoms with Gasteiger partial charge in [0.1, 0.15) is 6.04 Å². The Hall–Kier alpha value is -1.20. The number of hydrogen-bond acceptors (Lipinski definition) is 3. The van der Waals surface area contributed by atoms with E-state index in [-0.39, 0.29) is 11.7 Å². The van der Waals surface area contributed by atoms with Gasteiger partial charge in [0.2, 0.25) is 5.91 Å². The van der Waals surface area contributed by atoms with Crippen LogP contribution in [0.3, 0.4) is 0 Å². The molecule has 1 atom stereocenters. The summed E-state index contributed by atoms with van der Waals surface area (Å²) in [5, 5.41) is 0. The van der Waals surface area contributed by atoms with Gasteiger partial charge in [-0.3, -0.25) is 14.5 Å². The lowest BCUT2D eigenvalue weighted by molar-refractivity contribution is -0.116. The Labute approximate surface area is 115 Å². The van der Waals surface area contributed by atoms with Crippen molar-refractivity contribution in [1.82, 2.24) is 4.90 Å². The van der Waals surface area contributed by atoms with Gasteiger partial charge in [0.05, 0.1) is 5.69 Å². The number of carbonyl (C=O) groups is 2. The van der Waals surface area contributed by atoms with Gasteiger partial charge in [0.25, 0.3) is 0 Å². The van der Waals surface area contributed by atoms with Crippen molar-refractivity contribution in [2.75, 3.05) is 25.5 Å². The summed E-state index contributed by atoms with van der Waals surface area (Å²) in [4.78, 5) is 27.6. The molecule has 1 aromatic rings. The van der Waals surface area contributed by atoms with Crippen LogP contribution in [0.1, 0.15) is 17.3 Å². The first-order chi connectivity index (χ1) is 8.41. The van der Waals surface area contributed by atoms with Crippen molar-refractivity contribution in [2.45, 2.75) is 13.0 Å². The predicted molar refractivity (Wildman–Crippen MR) is 74.0 cm³/mol. The third kappa shape index (κ3) is 2.20. The first-order valence-corrected chi connectivity index (χ1v) is 6.49. The van der Waals surface area contributed by atoms with Crippen LogP contribution in [0.2, 0.25) is 0 Å². The average Bonchev–Trinajstić information content (AvgIpc) is 2.52. The number of fused-ring (bicyclic) bond motifs is 1. The Morgan fingerprint density at radius 3 is 2.67 bits per heavy atom. The number of amides is 1. The lowest BCUT2D eigenvalue weighted by atomic mass is 10.1.